The third-order valence-electron chi connectivity index (χ3n) is 5.08. The fraction of sp³-hybridized carbons (Fsp3) is 0.174. The Balaban J connectivity index is 1.65. The van der Waals surface area contributed by atoms with E-state index in [2.05, 4.69) is 38.9 Å². The van der Waals surface area contributed by atoms with E-state index in [0.717, 1.165) is 34.0 Å². The van der Waals surface area contributed by atoms with E-state index in [1.54, 1.807) is 6.20 Å². The predicted octanol–water partition coefficient (Wildman–Crippen LogP) is 5.00. The maximum Gasteiger partial charge on any atom is 0.264 e. The van der Waals surface area contributed by atoms with Gasteiger partial charge in [0.2, 0.25) is 0 Å². The SMILES string of the molecule is Cc1cccc(N=C2NC(=O)/C(=C/c3cc(C)n(-c4ccccn4)c3C)S2)c1C. The second-order valence-electron chi connectivity index (χ2n) is 7.05. The number of aromatic nitrogens is 2. The molecule has 0 atom stereocenters. The van der Waals surface area contributed by atoms with Crippen molar-refractivity contribution in [3.63, 3.8) is 0 Å². The number of benzene rings is 1. The smallest absolute Gasteiger partial charge is 0.264 e. The first-order chi connectivity index (χ1) is 13.9. The lowest BCUT2D eigenvalue weighted by Crippen LogP contribution is -2.19. The molecule has 0 radical (unpaired) electrons. The Labute approximate surface area is 174 Å². The molecule has 6 heteroatoms. The standard InChI is InChI=1S/C23H22N4OS/c1-14-8-7-9-19(16(14)3)25-23-26-22(28)20(29-23)13-18-12-15(2)27(17(18)4)21-10-5-6-11-24-21/h5-13H,1-4H3,(H,25,26,28)/b20-13-. The van der Waals surface area contributed by atoms with Crippen LogP contribution in [-0.2, 0) is 4.79 Å². The van der Waals surface area contributed by atoms with E-state index < -0.39 is 0 Å². The molecule has 29 heavy (non-hydrogen) atoms. The first-order valence-corrected chi connectivity index (χ1v) is 10.2. The molecule has 2 aromatic heterocycles. The Morgan fingerprint density at radius 2 is 1.93 bits per heavy atom. The van der Waals surface area contributed by atoms with Crippen LogP contribution >= 0.6 is 11.8 Å². The Bertz CT molecular complexity index is 1160. The Hall–Kier alpha value is -3.12. The molecule has 1 aromatic carbocycles. The van der Waals surface area contributed by atoms with Gasteiger partial charge in [0, 0.05) is 17.6 Å². The number of carbonyl (C=O) groups excluding carboxylic acids is 1. The van der Waals surface area contributed by atoms with Crippen LogP contribution in [0.4, 0.5) is 5.69 Å². The lowest BCUT2D eigenvalue weighted by atomic mass is 10.1. The summed E-state index contributed by atoms with van der Waals surface area (Å²) in [7, 11) is 0. The fourth-order valence-corrected chi connectivity index (χ4v) is 4.19. The van der Waals surface area contributed by atoms with Crippen LogP contribution in [0.2, 0.25) is 0 Å². The third-order valence-corrected chi connectivity index (χ3v) is 5.99. The molecule has 5 nitrogen and oxygen atoms in total. The van der Waals surface area contributed by atoms with Gasteiger partial charge in [-0.25, -0.2) is 9.98 Å². The number of nitrogens with one attached hydrogen (secondary N) is 1. The van der Waals surface area contributed by atoms with Gasteiger partial charge in [0.05, 0.1) is 10.6 Å². The number of carbonyl (C=O) groups is 1. The lowest BCUT2D eigenvalue weighted by molar-refractivity contribution is -0.115. The van der Waals surface area contributed by atoms with Crippen LogP contribution in [0.25, 0.3) is 11.9 Å². The van der Waals surface area contributed by atoms with E-state index in [1.807, 2.05) is 57.2 Å². The lowest BCUT2D eigenvalue weighted by Gasteiger charge is -2.07. The highest BCUT2D eigenvalue weighted by molar-refractivity contribution is 8.18. The zero-order valence-electron chi connectivity index (χ0n) is 16.9. The second kappa shape index (κ2) is 7.72. The van der Waals surface area contributed by atoms with Crippen LogP contribution in [0.5, 0.6) is 0 Å². The Kier molecular flexibility index (Phi) is 5.11. The zero-order valence-corrected chi connectivity index (χ0v) is 17.7. The molecular formula is C23H22N4OS. The van der Waals surface area contributed by atoms with Crippen LogP contribution in [0.1, 0.15) is 28.1 Å². The van der Waals surface area contributed by atoms with Crippen molar-refractivity contribution in [2.75, 3.05) is 0 Å². The maximum absolute atomic E-state index is 12.5. The summed E-state index contributed by atoms with van der Waals surface area (Å²) in [4.78, 5) is 22.2. The zero-order chi connectivity index (χ0) is 20.5. The fourth-order valence-electron chi connectivity index (χ4n) is 3.36. The van der Waals surface area contributed by atoms with Crippen molar-refractivity contribution in [3.8, 4) is 5.82 Å². The van der Waals surface area contributed by atoms with Gasteiger partial charge in [-0.05, 0) is 86.5 Å². The van der Waals surface area contributed by atoms with E-state index in [9.17, 15) is 4.79 Å². The molecule has 0 bridgehead atoms. The molecule has 146 valence electrons. The van der Waals surface area contributed by atoms with E-state index in [4.69, 9.17) is 0 Å². The summed E-state index contributed by atoms with van der Waals surface area (Å²) >= 11 is 1.37. The van der Waals surface area contributed by atoms with Gasteiger partial charge in [0.25, 0.3) is 5.91 Å². The highest BCUT2D eigenvalue weighted by Gasteiger charge is 2.25. The summed E-state index contributed by atoms with van der Waals surface area (Å²) in [6, 6.07) is 13.9. The molecule has 1 saturated heterocycles. The predicted molar refractivity (Wildman–Crippen MR) is 120 cm³/mol. The van der Waals surface area contributed by atoms with Crippen molar-refractivity contribution in [1.29, 1.82) is 0 Å². The molecule has 1 N–H and O–H groups in total. The van der Waals surface area contributed by atoms with Gasteiger partial charge in [-0.3, -0.25) is 4.79 Å². The third kappa shape index (κ3) is 3.76. The summed E-state index contributed by atoms with van der Waals surface area (Å²) in [5, 5.41) is 3.48. The molecule has 0 aliphatic carbocycles. The van der Waals surface area contributed by atoms with Crippen LogP contribution < -0.4 is 5.32 Å². The van der Waals surface area contributed by atoms with E-state index in [0.29, 0.717) is 10.1 Å². The van der Waals surface area contributed by atoms with Crippen LogP contribution in [-0.4, -0.2) is 20.6 Å². The van der Waals surface area contributed by atoms with Gasteiger partial charge in [-0.2, -0.15) is 0 Å². The number of amides is 1. The minimum absolute atomic E-state index is 0.123. The van der Waals surface area contributed by atoms with E-state index >= 15 is 0 Å². The van der Waals surface area contributed by atoms with Crippen molar-refractivity contribution in [3.05, 3.63) is 81.6 Å². The molecule has 1 aliphatic heterocycles. The van der Waals surface area contributed by atoms with Crippen molar-refractivity contribution in [2.24, 2.45) is 4.99 Å². The molecule has 4 rings (SSSR count). The van der Waals surface area contributed by atoms with Crippen molar-refractivity contribution < 1.29 is 4.79 Å². The topological polar surface area (TPSA) is 59.3 Å². The first-order valence-electron chi connectivity index (χ1n) is 9.40. The highest BCUT2D eigenvalue weighted by Crippen LogP contribution is 2.31. The number of hydrogen-bond donors (Lipinski definition) is 1. The molecule has 3 aromatic rings. The summed E-state index contributed by atoms with van der Waals surface area (Å²) in [5.41, 5.74) is 6.29. The largest absolute Gasteiger partial charge is 0.303 e. The molecule has 3 heterocycles. The monoisotopic (exact) mass is 402 g/mol. The van der Waals surface area contributed by atoms with Crippen molar-refractivity contribution in [1.82, 2.24) is 14.9 Å². The summed E-state index contributed by atoms with van der Waals surface area (Å²) in [5.74, 6) is 0.745. The minimum Gasteiger partial charge on any atom is -0.303 e. The van der Waals surface area contributed by atoms with Crippen LogP contribution in [0.15, 0.2) is 58.6 Å². The number of thioether (sulfide) groups is 1. The molecule has 1 fully saturated rings. The van der Waals surface area contributed by atoms with Gasteiger partial charge in [0.1, 0.15) is 5.82 Å². The number of aryl methyl sites for hydroxylation is 2. The van der Waals surface area contributed by atoms with Crippen molar-refractivity contribution >= 4 is 34.6 Å². The molecule has 0 spiro atoms. The minimum atomic E-state index is -0.123. The first kappa shape index (κ1) is 19.2. The van der Waals surface area contributed by atoms with Gasteiger partial charge < -0.3 is 9.88 Å². The average molecular weight is 403 g/mol. The maximum atomic E-state index is 12.5. The van der Waals surface area contributed by atoms with E-state index in [-0.39, 0.29) is 5.91 Å². The molecule has 1 aliphatic rings. The Morgan fingerprint density at radius 1 is 1.10 bits per heavy atom. The summed E-state index contributed by atoms with van der Waals surface area (Å²) in [6.45, 7) is 8.18. The van der Waals surface area contributed by atoms with Gasteiger partial charge in [0.15, 0.2) is 5.17 Å². The van der Waals surface area contributed by atoms with Crippen molar-refractivity contribution in [2.45, 2.75) is 27.7 Å². The average Bonchev–Trinajstić information content (AvgIpc) is 3.18. The number of hydrogen-bond acceptors (Lipinski definition) is 4. The molecule has 0 saturated carbocycles. The summed E-state index contributed by atoms with van der Waals surface area (Å²) in [6.07, 6.45) is 3.70. The quantitative estimate of drug-likeness (QED) is 0.628. The van der Waals surface area contributed by atoms with Gasteiger partial charge >= 0.3 is 0 Å². The van der Waals surface area contributed by atoms with Crippen LogP contribution in [0.3, 0.4) is 0 Å². The van der Waals surface area contributed by atoms with Gasteiger partial charge in [-0.1, -0.05) is 18.2 Å². The number of pyridine rings is 1. The number of aliphatic imine (C=N–C) groups is 1. The molecule has 0 unspecified atom stereocenters. The normalized spacial score (nSPS) is 16.6. The number of rotatable bonds is 3. The molecular weight excluding hydrogens is 380 g/mol. The van der Waals surface area contributed by atoms with Crippen LogP contribution in [0, 0.1) is 27.7 Å². The van der Waals surface area contributed by atoms with E-state index in [1.165, 1.54) is 17.3 Å². The second-order valence-corrected chi connectivity index (χ2v) is 8.08. The van der Waals surface area contributed by atoms with Gasteiger partial charge in [-0.15, -0.1) is 0 Å². The number of nitrogens with zero attached hydrogens (tertiary/aromatic N) is 3. The molecule has 1 amide bonds. The Morgan fingerprint density at radius 3 is 2.69 bits per heavy atom. The summed E-state index contributed by atoms with van der Waals surface area (Å²) < 4.78 is 2.09. The highest BCUT2D eigenvalue weighted by atomic mass is 32.2. The number of amidine groups is 1.